The SMILES string of the molecule is Cc1cc(/C=N/S(=O)C(C)(C)C)n(CC#N)n1. The summed E-state index contributed by atoms with van der Waals surface area (Å²) in [5.74, 6) is 0. The molecule has 0 fully saturated rings. The Hall–Kier alpha value is -1.48. The van der Waals surface area contributed by atoms with E-state index in [1.54, 1.807) is 10.7 Å². The van der Waals surface area contributed by atoms with Gasteiger partial charge >= 0.3 is 0 Å². The van der Waals surface area contributed by atoms with Crippen LogP contribution >= 0.6 is 0 Å². The average molecular weight is 252 g/mol. The summed E-state index contributed by atoms with van der Waals surface area (Å²) in [4.78, 5) is 0. The van der Waals surface area contributed by atoms with E-state index in [4.69, 9.17) is 5.26 Å². The van der Waals surface area contributed by atoms with E-state index in [1.807, 2.05) is 33.8 Å². The van der Waals surface area contributed by atoms with Crippen LogP contribution in [0.4, 0.5) is 0 Å². The van der Waals surface area contributed by atoms with Gasteiger partial charge in [-0.1, -0.05) is 0 Å². The first-order chi connectivity index (χ1) is 7.84. The average Bonchev–Trinajstić information content (AvgIpc) is 2.54. The fourth-order valence-corrected chi connectivity index (χ4v) is 1.64. The molecule has 1 aromatic heterocycles. The zero-order valence-corrected chi connectivity index (χ0v) is 11.3. The number of aryl methyl sites for hydroxylation is 1. The van der Waals surface area contributed by atoms with Crippen molar-refractivity contribution in [1.82, 2.24) is 9.78 Å². The molecule has 92 valence electrons. The first-order valence-electron chi connectivity index (χ1n) is 5.22. The van der Waals surface area contributed by atoms with Crippen LogP contribution in [-0.2, 0) is 17.5 Å². The molecule has 0 saturated carbocycles. The Bertz CT molecular complexity index is 491. The van der Waals surface area contributed by atoms with Crippen molar-refractivity contribution in [1.29, 1.82) is 5.26 Å². The third kappa shape index (κ3) is 3.79. The van der Waals surface area contributed by atoms with Crippen molar-refractivity contribution in [2.24, 2.45) is 4.40 Å². The largest absolute Gasteiger partial charge is 0.249 e. The molecule has 1 heterocycles. The number of aromatic nitrogens is 2. The predicted octanol–water partition coefficient (Wildman–Crippen LogP) is 1.60. The molecule has 0 N–H and O–H groups in total. The monoisotopic (exact) mass is 252 g/mol. The lowest BCUT2D eigenvalue weighted by Gasteiger charge is -2.12. The summed E-state index contributed by atoms with van der Waals surface area (Å²) in [7, 11) is -1.30. The van der Waals surface area contributed by atoms with Crippen molar-refractivity contribution >= 4 is 17.2 Å². The molecule has 0 radical (unpaired) electrons. The molecule has 0 aliphatic heterocycles. The highest BCUT2D eigenvalue weighted by molar-refractivity contribution is 7.85. The molecule has 17 heavy (non-hydrogen) atoms. The number of hydrogen-bond donors (Lipinski definition) is 0. The van der Waals surface area contributed by atoms with Gasteiger partial charge in [0.25, 0.3) is 0 Å². The molecular weight excluding hydrogens is 236 g/mol. The quantitative estimate of drug-likeness (QED) is 0.767. The van der Waals surface area contributed by atoms with Crippen LogP contribution in [-0.4, -0.2) is 25.0 Å². The molecule has 5 nitrogen and oxygen atoms in total. The van der Waals surface area contributed by atoms with Crippen molar-refractivity contribution in [3.05, 3.63) is 17.5 Å². The van der Waals surface area contributed by atoms with Gasteiger partial charge in [-0.05, 0) is 33.8 Å². The fourth-order valence-electron chi connectivity index (χ4n) is 1.12. The van der Waals surface area contributed by atoms with E-state index in [0.29, 0.717) is 5.69 Å². The molecular formula is C11H16N4OS. The summed E-state index contributed by atoms with van der Waals surface area (Å²) in [5.41, 5.74) is 1.50. The van der Waals surface area contributed by atoms with E-state index >= 15 is 0 Å². The van der Waals surface area contributed by atoms with Crippen molar-refractivity contribution in [3.63, 3.8) is 0 Å². The number of nitrogens with zero attached hydrogens (tertiary/aromatic N) is 4. The minimum absolute atomic E-state index is 0.164. The molecule has 1 rings (SSSR count). The summed E-state index contributed by atoms with van der Waals surface area (Å²) in [6, 6.07) is 3.82. The summed E-state index contributed by atoms with van der Waals surface area (Å²) in [6.45, 7) is 7.58. The Kier molecular flexibility index (Phi) is 4.18. The van der Waals surface area contributed by atoms with Gasteiger partial charge in [0.1, 0.15) is 17.5 Å². The third-order valence-corrected chi connectivity index (χ3v) is 3.30. The van der Waals surface area contributed by atoms with E-state index in [0.717, 1.165) is 5.69 Å². The lowest BCUT2D eigenvalue weighted by molar-refractivity contribution is 0.650. The first kappa shape index (κ1) is 13.6. The molecule has 1 unspecified atom stereocenters. The van der Waals surface area contributed by atoms with Crippen LogP contribution < -0.4 is 0 Å². The van der Waals surface area contributed by atoms with Crippen molar-refractivity contribution < 1.29 is 4.21 Å². The fraction of sp³-hybridized carbons (Fsp3) is 0.545. The predicted molar refractivity (Wildman–Crippen MR) is 68.1 cm³/mol. The highest BCUT2D eigenvalue weighted by Crippen LogP contribution is 2.12. The molecule has 0 aliphatic carbocycles. The zero-order valence-electron chi connectivity index (χ0n) is 10.5. The van der Waals surface area contributed by atoms with Gasteiger partial charge in [0.2, 0.25) is 0 Å². The molecule has 0 saturated heterocycles. The molecule has 6 heteroatoms. The minimum atomic E-state index is -1.30. The Morgan fingerprint density at radius 2 is 2.29 bits per heavy atom. The van der Waals surface area contributed by atoms with Crippen LogP contribution in [0.2, 0.25) is 0 Å². The van der Waals surface area contributed by atoms with E-state index in [9.17, 15) is 4.21 Å². The Balaban J connectivity index is 2.92. The van der Waals surface area contributed by atoms with Gasteiger partial charge < -0.3 is 0 Å². The third-order valence-electron chi connectivity index (χ3n) is 1.96. The molecule has 1 atom stereocenters. The summed E-state index contributed by atoms with van der Waals surface area (Å²) < 4.78 is 16.9. The molecule has 0 amide bonds. The molecule has 0 bridgehead atoms. The number of hydrogen-bond acceptors (Lipinski definition) is 3. The minimum Gasteiger partial charge on any atom is -0.249 e. The van der Waals surface area contributed by atoms with Crippen LogP contribution in [0.3, 0.4) is 0 Å². The molecule has 0 aliphatic rings. The van der Waals surface area contributed by atoms with Crippen molar-refractivity contribution in [2.75, 3.05) is 0 Å². The molecule has 1 aromatic rings. The van der Waals surface area contributed by atoms with E-state index in [2.05, 4.69) is 9.50 Å². The van der Waals surface area contributed by atoms with Gasteiger partial charge in [-0.2, -0.15) is 14.8 Å². The van der Waals surface area contributed by atoms with Gasteiger partial charge in [-0.25, -0.2) is 8.89 Å². The van der Waals surface area contributed by atoms with E-state index in [-0.39, 0.29) is 11.3 Å². The summed E-state index contributed by atoms with van der Waals surface area (Å²) in [5, 5.41) is 12.8. The zero-order chi connectivity index (χ0) is 13.1. The second-order valence-corrected chi connectivity index (χ2v) is 6.56. The first-order valence-corrected chi connectivity index (χ1v) is 6.32. The van der Waals surface area contributed by atoms with Crippen LogP contribution in [0.1, 0.15) is 32.2 Å². The summed E-state index contributed by atoms with van der Waals surface area (Å²) in [6.07, 6.45) is 1.51. The maximum Gasteiger partial charge on any atom is 0.144 e. The smallest absolute Gasteiger partial charge is 0.144 e. The maximum atomic E-state index is 11.7. The van der Waals surface area contributed by atoms with Crippen LogP contribution in [0.15, 0.2) is 10.5 Å². The van der Waals surface area contributed by atoms with Crippen LogP contribution in [0, 0.1) is 18.3 Å². The summed E-state index contributed by atoms with van der Waals surface area (Å²) >= 11 is 0. The van der Waals surface area contributed by atoms with Gasteiger partial charge in [0, 0.05) is 0 Å². The van der Waals surface area contributed by atoms with Gasteiger partial charge in [-0.15, -0.1) is 0 Å². The normalized spacial score (nSPS) is 13.8. The standard InChI is InChI=1S/C11H16N4OS/c1-9-7-10(15(14-9)6-5-12)8-13-17(16)11(2,3)4/h7-8H,6H2,1-4H3/b13-8+. The maximum absolute atomic E-state index is 11.7. The number of rotatable bonds is 3. The van der Waals surface area contributed by atoms with E-state index in [1.165, 1.54) is 6.21 Å². The Morgan fingerprint density at radius 1 is 1.65 bits per heavy atom. The topological polar surface area (TPSA) is 71.0 Å². The lowest BCUT2D eigenvalue weighted by Crippen LogP contribution is -2.19. The second-order valence-electron chi connectivity index (χ2n) is 4.62. The van der Waals surface area contributed by atoms with Gasteiger partial charge in [0.05, 0.1) is 28.4 Å². The van der Waals surface area contributed by atoms with Crippen LogP contribution in [0.5, 0.6) is 0 Å². The lowest BCUT2D eigenvalue weighted by atomic mass is 10.3. The van der Waals surface area contributed by atoms with Gasteiger partial charge in [-0.3, -0.25) is 0 Å². The van der Waals surface area contributed by atoms with Gasteiger partial charge in [0.15, 0.2) is 0 Å². The highest BCUT2D eigenvalue weighted by atomic mass is 32.2. The molecule has 0 spiro atoms. The second kappa shape index (κ2) is 5.23. The Morgan fingerprint density at radius 3 is 2.82 bits per heavy atom. The van der Waals surface area contributed by atoms with E-state index < -0.39 is 11.0 Å². The van der Waals surface area contributed by atoms with Crippen molar-refractivity contribution in [3.8, 4) is 6.07 Å². The highest BCUT2D eigenvalue weighted by Gasteiger charge is 2.18. The number of nitriles is 1. The molecule has 0 aromatic carbocycles. The van der Waals surface area contributed by atoms with Crippen LogP contribution in [0.25, 0.3) is 0 Å². The Labute approximate surface area is 104 Å². The van der Waals surface area contributed by atoms with Crippen molar-refractivity contribution in [2.45, 2.75) is 39.0 Å².